The number of nitrogens with one attached hydrogen (secondary N) is 1. The molecule has 1 aliphatic rings. The Hall–Kier alpha value is -0.120. The van der Waals surface area contributed by atoms with Crippen LogP contribution in [0.25, 0.3) is 0 Å². The Morgan fingerprint density at radius 1 is 1.36 bits per heavy atom. The third-order valence-electron chi connectivity index (χ3n) is 1.85. The maximum Gasteiger partial charge on any atom is 0.0685 e. The first-order chi connectivity index (χ1) is 5.43. The first kappa shape index (κ1) is 8.97. The minimum Gasteiger partial charge on any atom is -0.314 e. The predicted molar refractivity (Wildman–Crippen MR) is 45.3 cm³/mol. The van der Waals surface area contributed by atoms with Gasteiger partial charge in [-0.1, -0.05) is 13.3 Å². The van der Waals surface area contributed by atoms with Crippen molar-refractivity contribution in [2.45, 2.75) is 19.8 Å². The van der Waals surface area contributed by atoms with E-state index in [4.69, 9.17) is 4.84 Å². The second-order valence-electron chi connectivity index (χ2n) is 2.87. The summed E-state index contributed by atoms with van der Waals surface area (Å²) in [5, 5.41) is 5.35. The zero-order valence-electron chi connectivity index (χ0n) is 7.31. The third-order valence-corrected chi connectivity index (χ3v) is 1.85. The fourth-order valence-corrected chi connectivity index (χ4v) is 1.11. The molecule has 1 heterocycles. The van der Waals surface area contributed by atoms with Crippen molar-refractivity contribution >= 4 is 0 Å². The van der Waals surface area contributed by atoms with Crippen molar-refractivity contribution in [1.82, 2.24) is 10.4 Å². The number of hydrogen-bond donors (Lipinski definition) is 1. The number of rotatable bonds is 4. The quantitative estimate of drug-likeness (QED) is 0.607. The third kappa shape index (κ3) is 3.70. The van der Waals surface area contributed by atoms with E-state index in [-0.39, 0.29) is 0 Å². The van der Waals surface area contributed by atoms with Crippen molar-refractivity contribution < 1.29 is 4.84 Å². The largest absolute Gasteiger partial charge is 0.314 e. The summed E-state index contributed by atoms with van der Waals surface area (Å²) in [5.74, 6) is 0. The zero-order chi connectivity index (χ0) is 7.94. The van der Waals surface area contributed by atoms with Crippen molar-refractivity contribution in [3.05, 3.63) is 0 Å². The van der Waals surface area contributed by atoms with Gasteiger partial charge in [-0.25, -0.2) is 0 Å². The van der Waals surface area contributed by atoms with Gasteiger partial charge in [-0.15, -0.1) is 0 Å². The van der Waals surface area contributed by atoms with Crippen molar-refractivity contribution in [3.8, 4) is 0 Å². The van der Waals surface area contributed by atoms with Gasteiger partial charge in [0.15, 0.2) is 0 Å². The molecule has 3 heteroatoms. The summed E-state index contributed by atoms with van der Waals surface area (Å²) >= 11 is 0. The molecule has 1 fully saturated rings. The molecule has 11 heavy (non-hydrogen) atoms. The molecule has 0 saturated carbocycles. The molecule has 0 spiro atoms. The summed E-state index contributed by atoms with van der Waals surface area (Å²) in [7, 11) is 0. The van der Waals surface area contributed by atoms with Gasteiger partial charge in [0, 0.05) is 26.2 Å². The zero-order valence-corrected chi connectivity index (χ0v) is 7.31. The Balaban J connectivity index is 1.96. The Bertz CT molecular complexity index is 92.1. The lowest BCUT2D eigenvalue weighted by Gasteiger charge is -2.26. The SMILES string of the molecule is CCCCON1CCNCC1. The second-order valence-corrected chi connectivity index (χ2v) is 2.87. The summed E-state index contributed by atoms with van der Waals surface area (Å²) in [5.41, 5.74) is 0. The fourth-order valence-electron chi connectivity index (χ4n) is 1.11. The molecule has 0 unspecified atom stereocenters. The Morgan fingerprint density at radius 2 is 2.09 bits per heavy atom. The van der Waals surface area contributed by atoms with Gasteiger partial charge in [-0.3, -0.25) is 4.84 Å². The van der Waals surface area contributed by atoms with E-state index in [0.29, 0.717) is 0 Å². The highest BCUT2D eigenvalue weighted by Gasteiger charge is 2.08. The summed E-state index contributed by atoms with van der Waals surface area (Å²) in [6.07, 6.45) is 2.38. The molecule has 0 aromatic carbocycles. The van der Waals surface area contributed by atoms with E-state index < -0.39 is 0 Å². The summed E-state index contributed by atoms with van der Waals surface area (Å²) in [4.78, 5) is 5.52. The van der Waals surface area contributed by atoms with Crippen LogP contribution in [0.1, 0.15) is 19.8 Å². The van der Waals surface area contributed by atoms with E-state index in [9.17, 15) is 0 Å². The van der Waals surface area contributed by atoms with Crippen LogP contribution in [0.3, 0.4) is 0 Å². The summed E-state index contributed by atoms with van der Waals surface area (Å²) < 4.78 is 0. The monoisotopic (exact) mass is 158 g/mol. The van der Waals surface area contributed by atoms with Crippen LogP contribution < -0.4 is 5.32 Å². The molecule has 0 bridgehead atoms. The van der Waals surface area contributed by atoms with Gasteiger partial charge >= 0.3 is 0 Å². The molecule has 0 radical (unpaired) electrons. The fraction of sp³-hybridized carbons (Fsp3) is 1.00. The average molecular weight is 158 g/mol. The van der Waals surface area contributed by atoms with Gasteiger partial charge < -0.3 is 5.32 Å². The van der Waals surface area contributed by atoms with E-state index in [2.05, 4.69) is 17.3 Å². The second kappa shape index (κ2) is 5.52. The molecule has 1 saturated heterocycles. The highest BCUT2D eigenvalue weighted by atomic mass is 16.7. The first-order valence-corrected chi connectivity index (χ1v) is 4.52. The highest BCUT2D eigenvalue weighted by molar-refractivity contribution is 4.59. The topological polar surface area (TPSA) is 24.5 Å². The van der Waals surface area contributed by atoms with Gasteiger partial charge in [0.25, 0.3) is 0 Å². The number of piperazine rings is 1. The van der Waals surface area contributed by atoms with Crippen LogP contribution in [0.4, 0.5) is 0 Å². The molecule has 0 aromatic heterocycles. The van der Waals surface area contributed by atoms with Crippen molar-refractivity contribution in [2.24, 2.45) is 0 Å². The maximum absolute atomic E-state index is 5.52. The van der Waals surface area contributed by atoms with Gasteiger partial charge in [0.1, 0.15) is 0 Å². The minimum atomic E-state index is 0.885. The van der Waals surface area contributed by atoms with E-state index >= 15 is 0 Å². The Morgan fingerprint density at radius 3 is 2.73 bits per heavy atom. The number of unbranched alkanes of at least 4 members (excludes halogenated alkanes) is 1. The van der Waals surface area contributed by atoms with E-state index in [1.165, 1.54) is 12.8 Å². The molecule has 3 nitrogen and oxygen atoms in total. The molecule has 1 N–H and O–H groups in total. The predicted octanol–water partition coefficient (Wildman–Crippen LogP) is 0.623. The molecule has 0 aliphatic carbocycles. The van der Waals surface area contributed by atoms with Crippen molar-refractivity contribution in [1.29, 1.82) is 0 Å². The molecule has 1 rings (SSSR count). The van der Waals surface area contributed by atoms with Crippen LogP contribution in [0.15, 0.2) is 0 Å². The van der Waals surface area contributed by atoms with Crippen LogP contribution in [0.2, 0.25) is 0 Å². The molecular formula is C8H18N2O. The van der Waals surface area contributed by atoms with Gasteiger partial charge in [0.05, 0.1) is 6.61 Å². The molecule has 0 aromatic rings. The standard InChI is InChI=1S/C8H18N2O/c1-2-3-8-11-10-6-4-9-5-7-10/h9H,2-8H2,1H3. The summed E-state index contributed by atoms with van der Waals surface area (Å²) in [6.45, 7) is 7.25. The average Bonchev–Trinajstić information content (AvgIpc) is 2.07. The molecule has 0 amide bonds. The van der Waals surface area contributed by atoms with Gasteiger partial charge in [0.2, 0.25) is 0 Å². The molecule has 1 aliphatic heterocycles. The normalized spacial score (nSPS) is 20.5. The number of hydrogen-bond acceptors (Lipinski definition) is 3. The van der Waals surface area contributed by atoms with Gasteiger partial charge in [-0.2, -0.15) is 5.06 Å². The van der Waals surface area contributed by atoms with E-state index in [1.807, 2.05) is 0 Å². The maximum atomic E-state index is 5.52. The number of nitrogens with zero attached hydrogens (tertiary/aromatic N) is 1. The lowest BCUT2D eigenvalue weighted by Crippen LogP contribution is -2.43. The molecular weight excluding hydrogens is 140 g/mol. The van der Waals surface area contributed by atoms with Crippen LogP contribution in [-0.2, 0) is 4.84 Å². The van der Waals surface area contributed by atoms with Gasteiger partial charge in [-0.05, 0) is 6.42 Å². The van der Waals surface area contributed by atoms with Crippen LogP contribution >= 0.6 is 0 Å². The molecule has 66 valence electrons. The Kier molecular flexibility index (Phi) is 4.50. The van der Waals surface area contributed by atoms with Crippen LogP contribution in [0, 0.1) is 0 Å². The minimum absolute atomic E-state index is 0.885. The van der Waals surface area contributed by atoms with Crippen molar-refractivity contribution in [3.63, 3.8) is 0 Å². The van der Waals surface area contributed by atoms with Crippen molar-refractivity contribution in [2.75, 3.05) is 32.8 Å². The first-order valence-electron chi connectivity index (χ1n) is 4.52. The highest BCUT2D eigenvalue weighted by Crippen LogP contribution is 1.95. The Labute approximate surface area is 68.7 Å². The smallest absolute Gasteiger partial charge is 0.0685 e. The van der Waals surface area contributed by atoms with Crippen LogP contribution in [0.5, 0.6) is 0 Å². The summed E-state index contributed by atoms with van der Waals surface area (Å²) in [6, 6.07) is 0. The van der Waals surface area contributed by atoms with E-state index in [0.717, 1.165) is 32.8 Å². The lowest BCUT2D eigenvalue weighted by atomic mass is 10.4. The van der Waals surface area contributed by atoms with Crippen LogP contribution in [-0.4, -0.2) is 37.8 Å². The molecule has 0 atom stereocenters. The number of hydroxylamine groups is 2. The van der Waals surface area contributed by atoms with E-state index in [1.54, 1.807) is 0 Å². The lowest BCUT2D eigenvalue weighted by molar-refractivity contribution is -0.164.